The number of hydrogen-bond donors (Lipinski definition) is 0. The summed E-state index contributed by atoms with van der Waals surface area (Å²) in [6, 6.07) is 14.8. The van der Waals surface area contributed by atoms with Gasteiger partial charge in [-0.15, -0.1) is 0 Å². The lowest BCUT2D eigenvalue weighted by molar-refractivity contribution is -0.139. The number of halogens is 1. The average Bonchev–Trinajstić information content (AvgIpc) is 3.13. The molecule has 0 bridgehead atoms. The molecule has 1 aliphatic heterocycles. The summed E-state index contributed by atoms with van der Waals surface area (Å²) in [5, 5.41) is 9.55. The highest BCUT2D eigenvalue weighted by Gasteiger charge is 2.48. The molecule has 0 spiro atoms. The van der Waals surface area contributed by atoms with Crippen molar-refractivity contribution in [1.82, 2.24) is 4.90 Å². The third-order valence-electron chi connectivity index (χ3n) is 5.85. The summed E-state index contributed by atoms with van der Waals surface area (Å²) in [4.78, 5) is 28.1. The van der Waals surface area contributed by atoms with E-state index in [9.17, 15) is 9.59 Å². The zero-order valence-corrected chi connectivity index (χ0v) is 16.6. The van der Waals surface area contributed by atoms with E-state index in [0.29, 0.717) is 34.2 Å². The highest BCUT2D eigenvalue weighted by atomic mass is 35.5. The Balaban J connectivity index is 1.61. The van der Waals surface area contributed by atoms with Crippen molar-refractivity contribution in [1.29, 1.82) is 5.26 Å². The van der Waals surface area contributed by atoms with Crippen LogP contribution in [0, 0.1) is 17.2 Å². The minimum Gasteiger partial charge on any atom is -0.425 e. The van der Waals surface area contributed by atoms with Crippen molar-refractivity contribution < 1.29 is 14.3 Å². The lowest BCUT2D eigenvalue weighted by Crippen LogP contribution is -2.47. The van der Waals surface area contributed by atoms with Gasteiger partial charge in [0, 0.05) is 16.6 Å². The number of benzene rings is 2. The molecular formula is C23H21ClN2O3. The van der Waals surface area contributed by atoms with Gasteiger partial charge in [-0.25, -0.2) is 4.79 Å². The number of carbonyl (C=O) groups is 2. The molecule has 0 N–H and O–H groups in total. The van der Waals surface area contributed by atoms with Crippen LogP contribution in [-0.2, 0) is 4.79 Å². The first-order valence-electron chi connectivity index (χ1n) is 9.87. The Hall–Kier alpha value is -2.84. The van der Waals surface area contributed by atoms with E-state index in [1.54, 1.807) is 47.4 Å². The number of hydrogen-bond acceptors (Lipinski definition) is 4. The van der Waals surface area contributed by atoms with E-state index in [0.717, 1.165) is 25.7 Å². The second-order valence-corrected chi connectivity index (χ2v) is 8.08. The van der Waals surface area contributed by atoms with E-state index in [-0.39, 0.29) is 11.9 Å². The number of fused-ring (bicyclic) bond motifs is 1. The molecule has 6 heteroatoms. The van der Waals surface area contributed by atoms with E-state index in [1.165, 1.54) is 6.07 Å². The van der Waals surface area contributed by atoms with Gasteiger partial charge in [0.05, 0.1) is 11.6 Å². The standard InChI is InChI=1S/C23H21ClN2O3/c24-18-8-4-7-17(12-18)22(27)26-20-10-2-1-6-16(20)13-21(26)23(28)29-19-9-3-5-15(11-19)14-25/h3-5,7-9,11-12,16,20-21H,1-2,6,10,13H2. The van der Waals surface area contributed by atoms with Crippen LogP contribution < -0.4 is 4.74 Å². The molecule has 1 saturated heterocycles. The number of ether oxygens (including phenoxy) is 1. The molecular weight excluding hydrogens is 388 g/mol. The fourth-order valence-electron chi connectivity index (χ4n) is 4.55. The predicted molar refractivity (Wildman–Crippen MR) is 109 cm³/mol. The molecule has 0 radical (unpaired) electrons. The molecule has 1 saturated carbocycles. The summed E-state index contributed by atoms with van der Waals surface area (Å²) in [6.45, 7) is 0. The Morgan fingerprint density at radius 2 is 1.90 bits per heavy atom. The molecule has 2 fully saturated rings. The zero-order valence-electron chi connectivity index (χ0n) is 15.9. The van der Waals surface area contributed by atoms with Crippen LogP contribution in [0.5, 0.6) is 5.75 Å². The summed E-state index contributed by atoms with van der Waals surface area (Å²) >= 11 is 6.08. The third-order valence-corrected chi connectivity index (χ3v) is 6.08. The van der Waals surface area contributed by atoms with E-state index >= 15 is 0 Å². The van der Waals surface area contributed by atoms with E-state index in [4.69, 9.17) is 21.6 Å². The van der Waals surface area contributed by atoms with E-state index in [1.807, 2.05) is 6.07 Å². The van der Waals surface area contributed by atoms with Gasteiger partial charge in [-0.2, -0.15) is 5.26 Å². The van der Waals surface area contributed by atoms with Crippen LogP contribution in [0.3, 0.4) is 0 Å². The van der Waals surface area contributed by atoms with Gasteiger partial charge in [-0.1, -0.05) is 36.6 Å². The van der Waals surface area contributed by atoms with Gasteiger partial charge in [0.25, 0.3) is 5.91 Å². The summed E-state index contributed by atoms with van der Waals surface area (Å²) in [6.07, 6.45) is 4.68. The number of amides is 1. The number of esters is 1. The second-order valence-electron chi connectivity index (χ2n) is 7.65. The van der Waals surface area contributed by atoms with E-state index in [2.05, 4.69) is 0 Å². The molecule has 148 valence electrons. The van der Waals surface area contributed by atoms with Crippen LogP contribution >= 0.6 is 11.6 Å². The highest BCUT2D eigenvalue weighted by Crippen LogP contribution is 2.41. The van der Waals surface area contributed by atoms with Crippen molar-refractivity contribution in [3.63, 3.8) is 0 Å². The smallest absolute Gasteiger partial charge is 0.334 e. The third kappa shape index (κ3) is 3.99. The topological polar surface area (TPSA) is 70.4 Å². The monoisotopic (exact) mass is 408 g/mol. The van der Waals surface area contributed by atoms with Crippen molar-refractivity contribution in [3.05, 3.63) is 64.7 Å². The van der Waals surface area contributed by atoms with Crippen LogP contribution in [0.4, 0.5) is 0 Å². The SMILES string of the molecule is N#Cc1cccc(OC(=O)C2CC3CCCCC3N2C(=O)c2cccc(Cl)c2)c1. The number of rotatable bonds is 3. The van der Waals surface area contributed by atoms with Gasteiger partial charge < -0.3 is 9.64 Å². The zero-order chi connectivity index (χ0) is 20.4. The molecule has 29 heavy (non-hydrogen) atoms. The maximum absolute atomic E-state index is 13.3. The number of carbonyl (C=O) groups excluding carboxylic acids is 2. The fourth-order valence-corrected chi connectivity index (χ4v) is 4.74. The Morgan fingerprint density at radius 1 is 1.10 bits per heavy atom. The average molecular weight is 409 g/mol. The first kappa shape index (κ1) is 19.5. The van der Waals surface area contributed by atoms with Crippen molar-refractivity contribution in [2.24, 2.45) is 5.92 Å². The van der Waals surface area contributed by atoms with Gasteiger partial charge >= 0.3 is 5.97 Å². The molecule has 4 rings (SSSR count). The van der Waals surface area contributed by atoms with Crippen molar-refractivity contribution in [2.75, 3.05) is 0 Å². The minimum absolute atomic E-state index is 0.0400. The summed E-state index contributed by atoms with van der Waals surface area (Å²) < 4.78 is 5.58. The number of nitriles is 1. The van der Waals surface area contributed by atoms with Crippen LogP contribution in [0.25, 0.3) is 0 Å². The lowest BCUT2D eigenvalue weighted by Gasteiger charge is -2.33. The molecule has 2 aromatic rings. The van der Waals surface area contributed by atoms with Crippen molar-refractivity contribution in [2.45, 2.75) is 44.2 Å². The lowest BCUT2D eigenvalue weighted by atomic mass is 9.84. The number of nitrogens with zero attached hydrogens (tertiary/aromatic N) is 2. The largest absolute Gasteiger partial charge is 0.425 e. The quantitative estimate of drug-likeness (QED) is 0.550. The Labute approximate surface area is 174 Å². The Kier molecular flexibility index (Phi) is 5.55. The maximum atomic E-state index is 13.3. The van der Waals surface area contributed by atoms with Gasteiger partial charge in [0.2, 0.25) is 0 Å². The summed E-state index contributed by atoms with van der Waals surface area (Å²) in [5.41, 5.74) is 0.898. The molecule has 5 nitrogen and oxygen atoms in total. The van der Waals surface area contributed by atoms with Gasteiger partial charge in [0.15, 0.2) is 0 Å². The second kappa shape index (κ2) is 8.26. The molecule has 1 heterocycles. The Bertz CT molecular complexity index is 984. The summed E-state index contributed by atoms with van der Waals surface area (Å²) in [5.74, 6) is -0.0200. The van der Waals surface area contributed by atoms with Gasteiger partial charge in [-0.3, -0.25) is 4.79 Å². The molecule has 0 aromatic heterocycles. The summed E-state index contributed by atoms with van der Waals surface area (Å²) in [7, 11) is 0. The fraction of sp³-hybridized carbons (Fsp3) is 0.348. The molecule has 1 amide bonds. The highest BCUT2D eigenvalue weighted by molar-refractivity contribution is 6.31. The predicted octanol–water partition coefficient (Wildman–Crippen LogP) is 4.59. The van der Waals surface area contributed by atoms with Gasteiger partial charge in [-0.05, 0) is 61.6 Å². The molecule has 2 aromatic carbocycles. The molecule has 1 aliphatic carbocycles. The number of likely N-dealkylation sites (tertiary alicyclic amines) is 1. The van der Waals surface area contributed by atoms with Crippen LogP contribution in [-0.4, -0.2) is 28.9 Å². The maximum Gasteiger partial charge on any atom is 0.334 e. The van der Waals surface area contributed by atoms with E-state index < -0.39 is 12.0 Å². The van der Waals surface area contributed by atoms with Crippen molar-refractivity contribution >= 4 is 23.5 Å². The van der Waals surface area contributed by atoms with Crippen LogP contribution in [0.2, 0.25) is 5.02 Å². The first-order valence-corrected chi connectivity index (χ1v) is 10.2. The van der Waals surface area contributed by atoms with Crippen LogP contribution in [0.1, 0.15) is 48.0 Å². The minimum atomic E-state index is -0.639. The molecule has 3 unspecified atom stereocenters. The normalized spacial score (nSPS) is 23.2. The van der Waals surface area contributed by atoms with Crippen molar-refractivity contribution in [3.8, 4) is 11.8 Å². The molecule has 2 aliphatic rings. The molecule has 3 atom stereocenters. The first-order chi connectivity index (χ1) is 14.1. The Morgan fingerprint density at radius 3 is 2.69 bits per heavy atom. The van der Waals surface area contributed by atoms with Crippen LogP contribution in [0.15, 0.2) is 48.5 Å². The van der Waals surface area contributed by atoms with Gasteiger partial charge in [0.1, 0.15) is 11.8 Å².